The van der Waals surface area contributed by atoms with Gasteiger partial charge in [-0.3, -0.25) is 0 Å². The summed E-state index contributed by atoms with van der Waals surface area (Å²) < 4.78 is 5.16. The van der Waals surface area contributed by atoms with Gasteiger partial charge in [0.15, 0.2) is 0 Å². The first-order valence-corrected chi connectivity index (χ1v) is 5.53. The molecular formula is C10H18N2O3. The lowest BCUT2D eigenvalue weighted by Crippen LogP contribution is -2.52. The summed E-state index contributed by atoms with van der Waals surface area (Å²) in [7, 11) is 0. The molecule has 5 heteroatoms. The lowest BCUT2D eigenvalue weighted by molar-refractivity contribution is -0.0305. The smallest absolute Gasteiger partial charge is 0.317 e. The number of nitrogens with one attached hydrogen (secondary N) is 1. The first-order valence-electron chi connectivity index (χ1n) is 5.53. The summed E-state index contributed by atoms with van der Waals surface area (Å²) in [5, 5.41) is 12.6. The summed E-state index contributed by atoms with van der Waals surface area (Å²) in [6.07, 6.45) is 2.66. The van der Waals surface area contributed by atoms with Crippen LogP contribution in [0.5, 0.6) is 0 Å². The van der Waals surface area contributed by atoms with Crippen LogP contribution in [-0.4, -0.2) is 54.5 Å². The number of urea groups is 1. The van der Waals surface area contributed by atoms with E-state index in [0.29, 0.717) is 32.8 Å². The summed E-state index contributed by atoms with van der Waals surface area (Å²) in [6, 6.07) is -0.0846. The Morgan fingerprint density at radius 2 is 2.07 bits per heavy atom. The second-order valence-corrected chi connectivity index (χ2v) is 4.34. The van der Waals surface area contributed by atoms with Gasteiger partial charge < -0.3 is 20.1 Å². The van der Waals surface area contributed by atoms with Gasteiger partial charge in [0.25, 0.3) is 0 Å². The van der Waals surface area contributed by atoms with Gasteiger partial charge in [0.1, 0.15) is 0 Å². The maximum absolute atomic E-state index is 11.6. The molecule has 2 N–H and O–H groups in total. The first-order chi connectivity index (χ1) is 7.20. The molecule has 2 rings (SSSR count). The molecule has 2 aliphatic rings. The molecule has 2 amide bonds. The molecule has 0 atom stereocenters. The van der Waals surface area contributed by atoms with Crippen LogP contribution in [0, 0.1) is 0 Å². The highest BCUT2D eigenvalue weighted by Crippen LogP contribution is 2.30. The lowest BCUT2D eigenvalue weighted by atomic mass is 9.80. The minimum Gasteiger partial charge on any atom is -0.388 e. The number of hydrogen-bond donors (Lipinski definition) is 2. The monoisotopic (exact) mass is 214 g/mol. The van der Waals surface area contributed by atoms with Crippen LogP contribution in [0.2, 0.25) is 0 Å². The number of rotatable bonds is 2. The highest BCUT2D eigenvalue weighted by molar-refractivity contribution is 5.74. The Labute approximate surface area is 89.4 Å². The van der Waals surface area contributed by atoms with Crippen LogP contribution in [-0.2, 0) is 4.74 Å². The van der Waals surface area contributed by atoms with E-state index in [1.165, 1.54) is 0 Å². The number of amides is 2. The molecule has 5 nitrogen and oxygen atoms in total. The van der Waals surface area contributed by atoms with Crippen molar-refractivity contribution in [2.24, 2.45) is 0 Å². The van der Waals surface area contributed by atoms with Crippen molar-refractivity contribution in [2.75, 3.05) is 32.8 Å². The predicted molar refractivity (Wildman–Crippen MR) is 54.6 cm³/mol. The van der Waals surface area contributed by atoms with Gasteiger partial charge in [-0.2, -0.15) is 0 Å². The number of hydrogen-bond acceptors (Lipinski definition) is 3. The van der Waals surface area contributed by atoms with Gasteiger partial charge in [0, 0.05) is 19.6 Å². The summed E-state index contributed by atoms with van der Waals surface area (Å²) >= 11 is 0. The maximum Gasteiger partial charge on any atom is 0.317 e. The van der Waals surface area contributed by atoms with E-state index in [9.17, 15) is 9.90 Å². The van der Waals surface area contributed by atoms with Crippen LogP contribution in [0.15, 0.2) is 0 Å². The molecule has 0 bridgehead atoms. The standard InChI is InChI=1S/C10H18N2O3/c13-9(12-4-6-15-7-5-12)11-8-10(14)2-1-3-10/h14H,1-8H2,(H,11,13). The Balaban J connectivity index is 1.71. The van der Waals surface area contributed by atoms with E-state index in [4.69, 9.17) is 4.74 Å². The molecule has 0 aromatic heterocycles. The second kappa shape index (κ2) is 4.37. The van der Waals surface area contributed by atoms with Crippen molar-refractivity contribution in [1.82, 2.24) is 10.2 Å². The van der Waals surface area contributed by atoms with Crippen molar-refractivity contribution < 1.29 is 14.6 Å². The molecule has 0 spiro atoms. The molecule has 86 valence electrons. The van der Waals surface area contributed by atoms with E-state index in [1.807, 2.05) is 0 Å². The third kappa shape index (κ3) is 2.60. The summed E-state index contributed by atoms with van der Waals surface area (Å²) in [4.78, 5) is 13.4. The van der Waals surface area contributed by atoms with E-state index in [0.717, 1.165) is 19.3 Å². The number of carbonyl (C=O) groups is 1. The van der Waals surface area contributed by atoms with E-state index < -0.39 is 5.60 Å². The molecule has 1 saturated heterocycles. The molecule has 1 aliphatic carbocycles. The van der Waals surface area contributed by atoms with Crippen LogP contribution in [0.1, 0.15) is 19.3 Å². The van der Waals surface area contributed by atoms with Crippen molar-refractivity contribution in [3.05, 3.63) is 0 Å². The molecular weight excluding hydrogens is 196 g/mol. The van der Waals surface area contributed by atoms with Crippen LogP contribution in [0.3, 0.4) is 0 Å². The van der Waals surface area contributed by atoms with Gasteiger partial charge in [-0.25, -0.2) is 4.79 Å². The number of aliphatic hydroxyl groups is 1. The van der Waals surface area contributed by atoms with Gasteiger partial charge in [0.05, 0.1) is 18.8 Å². The molecule has 0 radical (unpaired) electrons. The third-order valence-electron chi connectivity index (χ3n) is 3.15. The molecule has 1 saturated carbocycles. The fourth-order valence-corrected chi connectivity index (χ4v) is 1.88. The zero-order valence-corrected chi connectivity index (χ0v) is 8.87. The van der Waals surface area contributed by atoms with Crippen molar-refractivity contribution in [1.29, 1.82) is 0 Å². The summed E-state index contributed by atoms with van der Waals surface area (Å²) in [6.45, 7) is 2.88. The van der Waals surface area contributed by atoms with E-state index >= 15 is 0 Å². The Bertz CT molecular complexity index is 235. The largest absolute Gasteiger partial charge is 0.388 e. The van der Waals surface area contributed by atoms with Gasteiger partial charge >= 0.3 is 6.03 Å². The van der Waals surface area contributed by atoms with Crippen LogP contribution in [0.25, 0.3) is 0 Å². The van der Waals surface area contributed by atoms with Gasteiger partial charge in [-0.05, 0) is 19.3 Å². The topological polar surface area (TPSA) is 61.8 Å². The number of ether oxygens (including phenoxy) is 1. The predicted octanol–water partition coefficient (Wildman–Crippen LogP) is -0.0568. The normalized spacial score (nSPS) is 24.5. The quantitative estimate of drug-likeness (QED) is 0.677. The minimum atomic E-state index is -0.637. The summed E-state index contributed by atoms with van der Waals surface area (Å²) in [5.41, 5.74) is -0.637. The molecule has 15 heavy (non-hydrogen) atoms. The Morgan fingerprint density at radius 1 is 1.40 bits per heavy atom. The average molecular weight is 214 g/mol. The SMILES string of the molecule is O=C(NCC1(O)CCC1)N1CCOCC1. The van der Waals surface area contributed by atoms with Crippen LogP contribution >= 0.6 is 0 Å². The van der Waals surface area contributed by atoms with Crippen LogP contribution in [0.4, 0.5) is 4.79 Å². The van der Waals surface area contributed by atoms with Crippen molar-refractivity contribution in [3.8, 4) is 0 Å². The van der Waals surface area contributed by atoms with E-state index in [1.54, 1.807) is 4.90 Å². The Hall–Kier alpha value is -0.810. The third-order valence-corrected chi connectivity index (χ3v) is 3.15. The van der Waals surface area contributed by atoms with Gasteiger partial charge in [0.2, 0.25) is 0 Å². The molecule has 2 fully saturated rings. The fraction of sp³-hybridized carbons (Fsp3) is 0.900. The lowest BCUT2D eigenvalue weighted by Gasteiger charge is -2.37. The molecule has 0 unspecified atom stereocenters. The van der Waals surface area contributed by atoms with Crippen molar-refractivity contribution in [2.45, 2.75) is 24.9 Å². The minimum absolute atomic E-state index is 0.0846. The van der Waals surface area contributed by atoms with Crippen molar-refractivity contribution >= 4 is 6.03 Å². The first kappa shape index (κ1) is 10.7. The fourth-order valence-electron chi connectivity index (χ4n) is 1.88. The number of morpholine rings is 1. The Morgan fingerprint density at radius 3 is 2.60 bits per heavy atom. The second-order valence-electron chi connectivity index (χ2n) is 4.34. The van der Waals surface area contributed by atoms with Gasteiger partial charge in [-0.15, -0.1) is 0 Å². The molecule has 0 aromatic carbocycles. The van der Waals surface area contributed by atoms with Crippen LogP contribution < -0.4 is 5.32 Å². The van der Waals surface area contributed by atoms with Gasteiger partial charge in [-0.1, -0.05) is 0 Å². The number of carbonyl (C=O) groups excluding carboxylic acids is 1. The Kier molecular flexibility index (Phi) is 3.11. The zero-order chi connectivity index (χ0) is 10.7. The number of nitrogens with zero attached hydrogens (tertiary/aromatic N) is 1. The van der Waals surface area contributed by atoms with Crippen molar-refractivity contribution in [3.63, 3.8) is 0 Å². The highest BCUT2D eigenvalue weighted by Gasteiger charge is 2.34. The maximum atomic E-state index is 11.6. The highest BCUT2D eigenvalue weighted by atomic mass is 16.5. The van der Waals surface area contributed by atoms with E-state index in [2.05, 4.69) is 5.32 Å². The molecule has 0 aromatic rings. The zero-order valence-electron chi connectivity index (χ0n) is 8.87. The van der Waals surface area contributed by atoms with E-state index in [-0.39, 0.29) is 6.03 Å². The average Bonchev–Trinajstić information content (AvgIpc) is 2.24. The summed E-state index contributed by atoms with van der Waals surface area (Å²) in [5.74, 6) is 0. The molecule has 1 aliphatic heterocycles. The molecule has 1 heterocycles.